The molecular formula is C23H26N4O6. The molecule has 2 aromatic carbocycles. The number of urea groups is 1. The molecule has 0 unspecified atom stereocenters. The SMILES string of the molecule is C=N/C=C(\O)c1ccc(NC(=O)Nc2cccc(CNC(=O)O[C@H]3CCOC3)c2)cc1OC. The molecule has 1 heterocycles. The van der Waals surface area contributed by atoms with E-state index in [0.29, 0.717) is 42.3 Å². The van der Waals surface area contributed by atoms with Crippen molar-refractivity contribution in [3.8, 4) is 5.75 Å². The van der Waals surface area contributed by atoms with E-state index in [9.17, 15) is 14.7 Å². The summed E-state index contributed by atoms with van der Waals surface area (Å²) in [6.45, 7) is 4.56. The fraction of sp³-hybridized carbons (Fsp3) is 0.261. The number of anilines is 2. The lowest BCUT2D eigenvalue weighted by Crippen LogP contribution is -2.28. The molecule has 33 heavy (non-hydrogen) atoms. The minimum Gasteiger partial charge on any atom is -0.506 e. The Kier molecular flexibility index (Phi) is 8.25. The van der Waals surface area contributed by atoms with Gasteiger partial charge in [-0.1, -0.05) is 12.1 Å². The van der Waals surface area contributed by atoms with Crippen LogP contribution in [0.2, 0.25) is 0 Å². The van der Waals surface area contributed by atoms with E-state index in [1.807, 2.05) is 6.07 Å². The predicted molar refractivity (Wildman–Crippen MR) is 125 cm³/mol. The average molecular weight is 454 g/mol. The van der Waals surface area contributed by atoms with Gasteiger partial charge in [0.05, 0.1) is 32.1 Å². The Labute approximate surface area is 191 Å². The van der Waals surface area contributed by atoms with E-state index < -0.39 is 12.1 Å². The number of hydrogen-bond acceptors (Lipinski definition) is 7. The van der Waals surface area contributed by atoms with Gasteiger partial charge in [0.1, 0.15) is 17.6 Å². The molecule has 2 aromatic rings. The first-order valence-corrected chi connectivity index (χ1v) is 10.2. The molecule has 0 spiro atoms. The lowest BCUT2D eigenvalue weighted by molar-refractivity contribution is 0.0828. The molecule has 0 aromatic heterocycles. The molecule has 10 nitrogen and oxygen atoms in total. The van der Waals surface area contributed by atoms with Crippen LogP contribution in [0.1, 0.15) is 17.5 Å². The Morgan fingerprint density at radius 3 is 2.73 bits per heavy atom. The van der Waals surface area contributed by atoms with Gasteiger partial charge in [-0.25, -0.2) is 9.59 Å². The minimum atomic E-state index is -0.510. The first-order valence-electron chi connectivity index (χ1n) is 10.2. The number of alkyl carbamates (subject to hydrolysis) is 1. The van der Waals surface area contributed by atoms with E-state index >= 15 is 0 Å². The summed E-state index contributed by atoms with van der Waals surface area (Å²) < 4.78 is 15.7. The summed E-state index contributed by atoms with van der Waals surface area (Å²) in [5.74, 6) is 0.248. The molecule has 4 N–H and O–H groups in total. The molecule has 1 atom stereocenters. The van der Waals surface area contributed by atoms with Crippen molar-refractivity contribution >= 4 is 36.0 Å². The number of aliphatic hydroxyl groups is 1. The molecule has 3 amide bonds. The first-order chi connectivity index (χ1) is 16.0. The van der Waals surface area contributed by atoms with Crippen LogP contribution in [0.3, 0.4) is 0 Å². The molecule has 174 valence electrons. The van der Waals surface area contributed by atoms with Crippen molar-refractivity contribution in [2.75, 3.05) is 31.0 Å². The Morgan fingerprint density at radius 2 is 2.03 bits per heavy atom. The lowest BCUT2D eigenvalue weighted by Gasteiger charge is -2.13. The van der Waals surface area contributed by atoms with Crippen molar-refractivity contribution in [2.24, 2.45) is 4.99 Å². The molecule has 0 bridgehead atoms. The van der Waals surface area contributed by atoms with Crippen LogP contribution in [-0.4, -0.2) is 50.4 Å². The number of hydrogen-bond donors (Lipinski definition) is 4. The third-order valence-corrected chi connectivity index (χ3v) is 4.73. The molecule has 0 aliphatic carbocycles. The van der Waals surface area contributed by atoms with E-state index in [4.69, 9.17) is 14.2 Å². The molecule has 0 radical (unpaired) electrons. The number of nitrogens with one attached hydrogen (secondary N) is 3. The zero-order valence-electron chi connectivity index (χ0n) is 18.2. The highest BCUT2D eigenvalue weighted by molar-refractivity contribution is 6.00. The maximum atomic E-state index is 12.4. The van der Waals surface area contributed by atoms with E-state index in [1.54, 1.807) is 36.4 Å². The molecule has 1 saturated heterocycles. The van der Waals surface area contributed by atoms with Gasteiger partial charge >= 0.3 is 12.1 Å². The summed E-state index contributed by atoms with van der Waals surface area (Å²) in [6.07, 6.45) is 1.17. The van der Waals surface area contributed by atoms with Gasteiger partial charge in [-0.2, -0.15) is 0 Å². The Bertz CT molecular complexity index is 1030. The summed E-state index contributed by atoms with van der Waals surface area (Å²) in [4.78, 5) is 27.8. The molecule has 10 heteroatoms. The standard InChI is InChI=1S/C23H26N4O6/c1-24-13-20(28)19-7-6-17(11-21(19)31-2)27-22(29)26-16-5-3-4-15(10-16)12-25-23(30)33-18-8-9-32-14-18/h3-7,10-11,13,18,28H,1,8-9,12,14H2,2H3,(H,25,30)(H2,26,27,29)/b20-13-/t18-/m0/s1. The van der Waals surface area contributed by atoms with Crippen molar-refractivity contribution in [2.45, 2.75) is 19.1 Å². The van der Waals surface area contributed by atoms with Crippen molar-refractivity contribution < 1.29 is 28.9 Å². The average Bonchev–Trinajstić information content (AvgIpc) is 3.31. The van der Waals surface area contributed by atoms with Gasteiger partial charge in [0.15, 0.2) is 0 Å². The van der Waals surface area contributed by atoms with Gasteiger partial charge < -0.3 is 35.3 Å². The second-order valence-electron chi connectivity index (χ2n) is 7.14. The summed E-state index contributed by atoms with van der Waals surface area (Å²) in [7, 11) is 1.45. The number of ether oxygens (including phenoxy) is 3. The van der Waals surface area contributed by atoms with E-state index in [1.165, 1.54) is 13.3 Å². The summed E-state index contributed by atoms with van der Waals surface area (Å²) in [5.41, 5.74) is 2.21. The van der Waals surface area contributed by atoms with E-state index in [2.05, 4.69) is 27.7 Å². The smallest absolute Gasteiger partial charge is 0.407 e. The van der Waals surface area contributed by atoms with Gasteiger partial charge in [0.2, 0.25) is 0 Å². The minimum absolute atomic E-state index is 0.108. The van der Waals surface area contributed by atoms with Crippen molar-refractivity contribution in [1.82, 2.24) is 5.32 Å². The van der Waals surface area contributed by atoms with Gasteiger partial charge in [0.25, 0.3) is 0 Å². The van der Waals surface area contributed by atoms with E-state index in [-0.39, 0.29) is 18.4 Å². The van der Waals surface area contributed by atoms with E-state index in [0.717, 1.165) is 5.56 Å². The quantitative estimate of drug-likeness (QED) is 0.353. The summed E-state index contributed by atoms with van der Waals surface area (Å²) >= 11 is 0. The number of aliphatic hydroxyl groups excluding tert-OH is 1. The first kappa shape index (κ1) is 23.6. The normalized spacial score (nSPS) is 15.4. The van der Waals surface area contributed by atoms with Crippen LogP contribution in [0, 0.1) is 0 Å². The number of carbonyl (C=O) groups is 2. The number of carbonyl (C=O) groups excluding carboxylic acids is 2. The zero-order chi connectivity index (χ0) is 23.6. The molecular weight excluding hydrogens is 428 g/mol. The molecule has 3 rings (SSSR count). The number of benzene rings is 2. The zero-order valence-corrected chi connectivity index (χ0v) is 18.2. The Hall–Kier alpha value is -4.05. The van der Waals surface area contributed by atoms with Crippen molar-refractivity contribution in [1.29, 1.82) is 0 Å². The molecule has 1 aliphatic rings. The lowest BCUT2D eigenvalue weighted by atomic mass is 10.1. The number of amides is 3. The molecule has 1 fully saturated rings. The second-order valence-corrected chi connectivity index (χ2v) is 7.14. The maximum absolute atomic E-state index is 12.4. The van der Waals surface area contributed by atoms with Crippen molar-refractivity contribution in [3.05, 3.63) is 59.8 Å². The van der Waals surface area contributed by atoms with Crippen LogP contribution < -0.4 is 20.7 Å². The topological polar surface area (TPSA) is 131 Å². The summed E-state index contributed by atoms with van der Waals surface area (Å²) in [6, 6.07) is 11.4. The Morgan fingerprint density at radius 1 is 1.24 bits per heavy atom. The van der Waals surface area contributed by atoms with Crippen LogP contribution in [0.5, 0.6) is 5.75 Å². The van der Waals surface area contributed by atoms with Crippen molar-refractivity contribution in [3.63, 3.8) is 0 Å². The predicted octanol–water partition coefficient (Wildman–Crippen LogP) is 3.91. The van der Waals surface area contributed by atoms with Gasteiger partial charge in [0, 0.05) is 30.4 Å². The number of nitrogens with zero attached hydrogens (tertiary/aromatic N) is 1. The highest BCUT2D eigenvalue weighted by atomic mass is 16.6. The number of rotatable bonds is 8. The van der Waals surface area contributed by atoms with Crippen LogP contribution >= 0.6 is 0 Å². The highest BCUT2D eigenvalue weighted by Crippen LogP contribution is 2.28. The van der Waals surface area contributed by atoms with Crippen LogP contribution in [0.15, 0.2) is 53.7 Å². The molecule has 1 aliphatic heterocycles. The Balaban J connectivity index is 1.55. The fourth-order valence-corrected chi connectivity index (χ4v) is 3.16. The van der Waals surface area contributed by atoms with Crippen LogP contribution in [-0.2, 0) is 16.0 Å². The highest BCUT2D eigenvalue weighted by Gasteiger charge is 2.19. The third-order valence-electron chi connectivity index (χ3n) is 4.73. The fourth-order valence-electron chi connectivity index (χ4n) is 3.16. The van der Waals surface area contributed by atoms with Crippen LogP contribution in [0.25, 0.3) is 5.76 Å². The maximum Gasteiger partial charge on any atom is 0.407 e. The largest absolute Gasteiger partial charge is 0.506 e. The third kappa shape index (κ3) is 6.97. The monoisotopic (exact) mass is 454 g/mol. The summed E-state index contributed by atoms with van der Waals surface area (Å²) in [5, 5.41) is 18.1. The van der Waals surface area contributed by atoms with Crippen LogP contribution in [0.4, 0.5) is 21.0 Å². The van der Waals surface area contributed by atoms with Gasteiger partial charge in [-0.3, -0.25) is 4.99 Å². The number of methoxy groups -OCH3 is 1. The number of aliphatic imine (C=N–C) groups is 1. The molecule has 0 saturated carbocycles. The van der Waals surface area contributed by atoms with Gasteiger partial charge in [-0.15, -0.1) is 0 Å². The second kappa shape index (κ2) is 11.5. The van der Waals surface area contributed by atoms with Gasteiger partial charge in [-0.05, 0) is 36.5 Å².